The number of carbonyl (C=O) groups excluding carboxylic acids is 1. The summed E-state index contributed by atoms with van der Waals surface area (Å²) in [6, 6.07) is 15.2. The van der Waals surface area contributed by atoms with Gasteiger partial charge in [-0.25, -0.2) is 0 Å². The van der Waals surface area contributed by atoms with Crippen LogP contribution in [-0.4, -0.2) is 12.4 Å². The van der Waals surface area contributed by atoms with E-state index in [4.69, 9.17) is 16.3 Å². The highest BCUT2D eigenvalue weighted by molar-refractivity contribution is 6.30. The molecule has 0 heterocycles. The first-order chi connectivity index (χ1) is 10.2. The van der Waals surface area contributed by atoms with Crippen LogP contribution in [0.1, 0.15) is 34.8 Å². The molecule has 0 fully saturated rings. The van der Waals surface area contributed by atoms with Gasteiger partial charge in [-0.05, 0) is 29.7 Å². The zero-order valence-corrected chi connectivity index (χ0v) is 12.9. The maximum Gasteiger partial charge on any atom is 0.188 e. The van der Waals surface area contributed by atoms with Gasteiger partial charge in [-0.15, -0.1) is 0 Å². The van der Waals surface area contributed by atoms with Crippen molar-refractivity contribution in [1.29, 1.82) is 0 Å². The Balaban J connectivity index is 1.82. The second-order valence-corrected chi connectivity index (χ2v) is 5.43. The Hall–Kier alpha value is -1.64. The lowest BCUT2D eigenvalue weighted by Crippen LogP contribution is -2.09. The van der Waals surface area contributed by atoms with E-state index >= 15 is 0 Å². The largest absolute Gasteiger partial charge is 0.369 e. The topological polar surface area (TPSA) is 26.3 Å². The quantitative estimate of drug-likeness (QED) is 0.693. The second kappa shape index (κ2) is 7.96. The van der Waals surface area contributed by atoms with Crippen molar-refractivity contribution in [2.75, 3.05) is 6.61 Å². The molecule has 0 spiro atoms. The van der Waals surface area contributed by atoms with Gasteiger partial charge in [0.05, 0.1) is 6.61 Å². The van der Waals surface area contributed by atoms with Gasteiger partial charge < -0.3 is 4.74 Å². The first-order valence-electron chi connectivity index (χ1n) is 7.13. The van der Waals surface area contributed by atoms with Crippen molar-refractivity contribution in [3.05, 3.63) is 70.2 Å². The average Bonchev–Trinajstić information content (AvgIpc) is 2.50. The van der Waals surface area contributed by atoms with Crippen molar-refractivity contribution < 1.29 is 9.53 Å². The molecule has 0 N–H and O–H groups in total. The number of rotatable bonds is 7. The summed E-state index contributed by atoms with van der Waals surface area (Å²) in [4.78, 5) is 12.0. The van der Waals surface area contributed by atoms with Gasteiger partial charge >= 0.3 is 0 Å². The standard InChI is InChI=1S/C18H19ClO2/c1-2-3-14-4-8-16(9-5-14)18(20)13-21-12-15-6-10-17(19)11-7-15/h4-11H,2-3,12-13H2,1H3. The molecule has 0 aliphatic heterocycles. The van der Waals surface area contributed by atoms with Crippen LogP contribution in [0.5, 0.6) is 0 Å². The number of ketones is 1. The van der Waals surface area contributed by atoms with E-state index in [1.54, 1.807) is 0 Å². The first kappa shape index (κ1) is 15.7. The third-order valence-corrected chi connectivity index (χ3v) is 3.48. The minimum atomic E-state index is 0.00649. The average molecular weight is 303 g/mol. The van der Waals surface area contributed by atoms with Crippen molar-refractivity contribution in [3.8, 4) is 0 Å². The van der Waals surface area contributed by atoms with Gasteiger partial charge in [0, 0.05) is 10.6 Å². The van der Waals surface area contributed by atoms with Crippen LogP contribution in [0.3, 0.4) is 0 Å². The van der Waals surface area contributed by atoms with E-state index in [2.05, 4.69) is 6.92 Å². The number of Topliss-reactive ketones (excluding diaryl/α,β-unsaturated/α-hetero) is 1. The van der Waals surface area contributed by atoms with E-state index in [0.717, 1.165) is 18.4 Å². The molecule has 2 aromatic rings. The maximum atomic E-state index is 12.0. The van der Waals surface area contributed by atoms with Crippen LogP contribution in [0, 0.1) is 0 Å². The van der Waals surface area contributed by atoms with E-state index in [9.17, 15) is 4.79 Å². The zero-order valence-electron chi connectivity index (χ0n) is 12.1. The zero-order chi connectivity index (χ0) is 15.1. The van der Waals surface area contributed by atoms with Crippen LogP contribution in [0.2, 0.25) is 5.02 Å². The van der Waals surface area contributed by atoms with Gasteiger partial charge in [-0.1, -0.05) is 61.3 Å². The normalized spacial score (nSPS) is 10.6. The first-order valence-corrected chi connectivity index (χ1v) is 7.51. The van der Waals surface area contributed by atoms with E-state index in [-0.39, 0.29) is 12.4 Å². The Labute approximate surface area is 130 Å². The number of carbonyl (C=O) groups is 1. The van der Waals surface area contributed by atoms with Crippen LogP contribution in [0.25, 0.3) is 0 Å². The maximum absolute atomic E-state index is 12.0. The molecule has 110 valence electrons. The van der Waals surface area contributed by atoms with Crippen molar-refractivity contribution in [3.63, 3.8) is 0 Å². The molecule has 0 atom stereocenters. The van der Waals surface area contributed by atoms with Gasteiger partial charge in [-0.2, -0.15) is 0 Å². The highest BCUT2D eigenvalue weighted by Gasteiger charge is 2.06. The number of benzene rings is 2. The molecule has 0 aromatic heterocycles. The van der Waals surface area contributed by atoms with E-state index in [0.29, 0.717) is 17.2 Å². The fourth-order valence-corrected chi connectivity index (χ4v) is 2.20. The predicted octanol–water partition coefficient (Wildman–Crippen LogP) is 4.69. The summed E-state index contributed by atoms with van der Waals surface area (Å²) in [6.45, 7) is 2.65. The summed E-state index contributed by atoms with van der Waals surface area (Å²) in [7, 11) is 0. The molecule has 2 nitrogen and oxygen atoms in total. The highest BCUT2D eigenvalue weighted by atomic mass is 35.5. The third kappa shape index (κ3) is 5.00. The van der Waals surface area contributed by atoms with Gasteiger partial charge in [0.15, 0.2) is 5.78 Å². The molecule has 0 saturated heterocycles. The minimum Gasteiger partial charge on any atom is -0.369 e. The number of ether oxygens (including phenoxy) is 1. The van der Waals surface area contributed by atoms with Crippen LogP contribution >= 0.6 is 11.6 Å². The molecule has 0 bridgehead atoms. The lowest BCUT2D eigenvalue weighted by Gasteiger charge is -2.05. The molecule has 0 amide bonds. The number of hydrogen-bond acceptors (Lipinski definition) is 2. The van der Waals surface area contributed by atoms with Gasteiger partial charge in [0.1, 0.15) is 6.61 Å². The Bertz CT molecular complexity index is 573. The summed E-state index contributed by atoms with van der Waals surface area (Å²) in [5.74, 6) is 0.00649. The Morgan fingerprint density at radius 2 is 1.62 bits per heavy atom. The van der Waals surface area contributed by atoms with Crippen molar-refractivity contribution >= 4 is 17.4 Å². The van der Waals surface area contributed by atoms with Crippen LogP contribution in [0.4, 0.5) is 0 Å². The summed E-state index contributed by atoms with van der Waals surface area (Å²) >= 11 is 5.82. The SMILES string of the molecule is CCCc1ccc(C(=O)COCc2ccc(Cl)cc2)cc1. The fraction of sp³-hybridized carbons (Fsp3) is 0.278. The fourth-order valence-electron chi connectivity index (χ4n) is 2.07. The molecule has 0 saturated carbocycles. The molecule has 0 aliphatic rings. The molecule has 21 heavy (non-hydrogen) atoms. The third-order valence-electron chi connectivity index (χ3n) is 3.23. The molecular formula is C18H19ClO2. The monoisotopic (exact) mass is 302 g/mol. The molecule has 0 aliphatic carbocycles. The number of aryl methyl sites for hydroxylation is 1. The Kier molecular flexibility index (Phi) is 5.97. The predicted molar refractivity (Wildman–Crippen MR) is 85.9 cm³/mol. The molecule has 3 heteroatoms. The summed E-state index contributed by atoms with van der Waals surface area (Å²) in [5, 5.41) is 0.696. The van der Waals surface area contributed by atoms with E-state index < -0.39 is 0 Å². The Morgan fingerprint density at radius 3 is 2.24 bits per heavy atom. The van der Waals surface area contributed by atoms with Crippen molar-refractivity contribution in [2.45, 2.75) is 26.4 Å². The second-order valence-electron chi connectivity index (χ2n) is 4.99. The van der Waals surface area contributed by atoms with Crippen LogP contribution in [-0.2, 0) is 17.8 Å². The summed E-state index contributed by atoms with van der Waals surface area (Å²) in [6.07, 6.45) is 2.15. The lowest BCUT2D eigenvalue weighted by molar-refractivity contribution is 0.0726. The number of halogens is 1. The number of hydrogen-bond donors (Lipinski definition) is 0. The van der Waals surface area contributed by atoms with Gasteiger partial charge in [0.2, 0.25) is 0 Å². The lowest BCUT2D eigenvalue weighted by atomic mass is 10.1. The van der Waals surface area contributed by atoms with Gasteiger partial charge in [0.25, 0.3) is 0 Å². The minimum absolute atomic E-state index is 0.00649. The Morgan fingerprint density at radius 1 is 1.00 bits per heavy atom. The molecule has 0 radical (unpaired) electrons. The van der Waals surface area contributed by atoms with Crippen molar-refractivity contribution in [2.24, 2.45) is 0 Å². The van der Waals surface area contributed by atoms with E-state index in [1.165, 1.54) is 5.56 Å². The summed E-state index contributed by atoms with van der Waals surface area (Å²) < 4.78 is 5.46. The van der Waals surface area contributed by atoms with Crippen molar-refractivity contribution in [1.82, 2.24) is 0 Å². The molecular weight excluding hydrogens is 284 g/mol. The molecule has 0 unspecified atom stereocenters. The molecule has 2 rings (SSSR count). The molecule has 2 aromatic carbocycles. The van der Waals surface area contributed by atoms with Crippen LogP contribution in [0.15, 0.2) is 48.5 Å². The van der Waals surface area contributed by atoms with E-state index in [1.807, 2.05) is 48.5 Å². The van der Waals surface area contributed by atoms with Gasteiger partial charge in [-0.3, -0.25) is 4.79 Å². The summed E-state index contributed by atoms with van der Waals surface area (Å²) in [5.41, 5.74) is 2.97. The highest BCUT2D eigenvalue weighted by Crippen LogP contribution is 2.11. The smallest absolute Gasteiger partial charge is 0.188 e. The van der Waals surface area contributed by atoms with Crippen LogP contribution < -0.4 is 0 Å².